The minimum absolute atomic E-state index is 1.04. The molecule has 0 saturated heterocycles. The van der Waals surface area contributed by atoms with Gasteiger partial charge in [-0.1, -0.05) is 109 Å². The van der Waals surface area contributed by atoms with E-state index in [0.717, 1.165) is 34.1 Å². The predicted molar refractivity (Wildman–Crippen MR) is 218 cm³/mol. The van der Waals surface area contributed by atoms with Crippen LogP contribution in [-0.2, 0) is 0 Å². The van der Waals surface area contributed by atoms with Gasteiger partial charge in [0.25, 0.3) is 0 Å². The van der Waals surface area contributed by atoms with Crippen LogP contribution >= 0.6 is 0 Å². The molecule has 2 aromatic heterocycles. The molecule has 0 fully saturated rings. The molecule has 8 aromatic carbocycles. The van der Waals surface area contributed by atoms with E-state index in [1.54, 1.807) is 0 Å². The monoisotopic (exact) mass is 664 g/mol. The maximum absolute atomic E-state index is 4.30. The molecule has 10 rings (SSSR count). The van der Waals surface area contributed by atoms with Crippen LogP contribution in [0.5, 0.6) is 0 Å². The summed E-state index contributed by atoms with van der Waals surface area (Å²) in [5, 5.41) is 9.89. The molecule has 52 heavy (non-hydrogen) atoms. The standard InChI is InChI=1S/C48H32N4/c1-3-9-35(10-4-1)51(36-11-5-2-6-12-36)46-23-18-34-16-20-43-41(19-15-33-17-21-44(46)48(34)47(33)43)40-22-24-45(42-14-8-7-13-39(40)42)52(37-25-29-49-30-26-37)38-27-31-50-32-28-38/h1-32H. The zero-order chi connectivity index (χ0) is 34.4. The van der Waals surface area contributed by atoms with Crippen LogP contribution in [-0.4, -0.2) is 9.97 Å². The van der Waals surface area contributed by atoms with Gasteiger partial charge in [-0.05, 0) is 104 Å². The zero-order valence-electron chi connectivity index (χ0n) is 28.3. The van der Waals surface area contributed by atoms with Gasteiger partial charge in [-0.2, -0.15) is 0 Å². The van der Waals surface area contributed by atoms with Gasteiger partial charge >= 0.3 is 0 Å². The van der Waals surface area contributed by atoms with Gasteiger partial charge < -0.3 is 9.80 Å². The fraction of sp³-hybridized carbons (Fsp3) is 0. The normalized spacial score (nSPS) is 11.5. The summed E-state index contributed by atoms with van der Waals surface area (Å²) in [6.07, 6.45) is 7.37. The van der Waals surface area contributed by atoms with Gasteiger partial charge in [0.1, 0.15) is 0 Å². The van der Waals surface area contributed by atoms with Crippen molar-refractivity contribution in [3.63, 3.8) is 0 Å². The summed E-state index contributed by atoms with van der Waals surface area (Å²) in [7, 11) is 0. The van der Waals surface area contributed by atoms with Crippen molar-refractivity contribution in [2.75, 3.05) is 9.80 Å². The van der Waals surface area contributed by atoms with E-state index < -0.39 is 0 Å². The highest BCUT2D eigenvalue weighted by Gasteiger charge is 2.21. The number of fused-ring (bicyclic) bond motifs is 1. The number of aromatic nitrogens is 2. The molecule has 0 atom stereocenters. The van der Waals surface area contributed by atoms with E-state index in [1.807, 2.05) is 24.8 Å². The van der Waals surface area contributed by atoms with E-state index in [4.69, 9.17) is 0 Å². The highest BCUT2D eigenvalue weighted by atomic mass is 15.1. The molecule has 0 saturated carbocycles. The zero-order valence-corrected chi connectivity index (χ0v) is 28.3. The first-order valence-corrected chi connectivity index (χ1v) is 17.6. The second-order valence-corrected chi connectivity index (χ2v) is 13.1. The number of hydrogen-bond acceptors (Lipinski definition) is 4. The van der Waals surface area contributed by atoms with Crippen molar-refractivity contribution in [1.29, 1.82) is 0 Å². The van der Waals surface area contributed by atoms with Crippen molar-refractivity contribution in [2.45, 2.75) is 0 Å². The Labute approximate surface area is 301 Å². The molecule has 244 valence electrons. The molecular weight excluding hydrogens is 633 g/mol. The summed E-state index contributed by atoms with van der Waals surface area (Å²) >= 11 is 0. The Kier molecular flexibility index (Phi) is 7.10. The molecular formula is C48H32N4. The highest BCUT2D eigenvalue weighted by molar-refractivity contribution is 6.28. The van der Waals surface area contributed by atoms with Crippen LogP contribution in [0.3, 0.4) is 0 Å². The summed E-state index contributed by atoms with van der Waals surface area (Å²) in [4.78, 5) is 13.3. The lowest BCUT2D eigenvalue weighted by Crippen LogP contribution is -2.10. The van der Waals surface area contributed by atoms with Crippen LogP contribution in [0.25, 0.3) is 54.2 Å². The van der Waals surface area contributed by atoms with Gasteiger partial charge in [0.15, 0.2) is 0 Å². The van der Waals surface area contributed by atoms with Gasteiger partial charge in [0.2, 0.25) is 0 Å². The molecule has 10 aromatic rings. The van der Waals surface area contributed by atoms with Gasteiger partial charge in [0, 0.05) is 58.3 Å². The van der Waals surface area contributed by atoms with Gasteiger partial charge in [-0.15, -0.1) is 0 Å². The lowest BCUT2D eigenvalue weighted by molar-refractivity contribution is 1.23. The van der Waals surface area contributed by atoms with Crippen molar-refractivity contribution >= 4 is 77.2 Å². The number of nitrogens with zero attached hydrogens (tertiary/aromatic N) is 4. The average molecular weight is 665 g/mol. The van der Waals surface area contributed by atoms with Crippen LogP contribution in [0.2, 0.25) is 0 Å². The van der Waals surface area contributed by atoms with Crippen molar-refractivity contribution in [3.05, 3.63) is 195 Å². The Morgan fingerprint density at radius 2 is 0.692 bits per heavy atom. The van der Waals surface area contributed by atoms with Crippen LogP contribution in [0.15, 0.2) is 195 Å². The summed E-state index contributed by atoms with van der Waals surface area (Å²) in [5.41, 5.74) is 9.02. The molecule has 0 aliphatic carbocycles. The summed E-state index contributed by atoms with van der Waals surface area (Å²) in [6, 6.07) is 61.1. The Bertz CT molecular complexity index is 2760. The third-order valence-electron chi connectivity index (χ3n) is 10.2. The quantitative estimate of drug-likeness (QED) is 0.159. The van der Waals surface area contributed by atoms with Gasteiger partial charge in [-0.25, -0.2) is 0 Å². The molecule has 0 spiro atoms. The number of benzene rings is 8. The lowest BCUT2D eigenvalue weighted by atomic mass is 9.87. The fourth-order valence-electron chi connectivity index (χ4n) is 7.92. The largest absolute Gasteiger partial charge is 0.310 e. The summed E-state index contributed by atoms with van der Waals surface area (Å²) < 4.78 is 0. The Balaban J connectivity index is 1.20. The third kappa shape index (κ3) is 4.84. The first kappa shape index (κ1) is 29.8. The molecule has 2 heterocycles. The first-order valence-electron chi connectivity index (χ1n) is 17.6. The fourth-order valence-corrected chi connectivity index (χ4v) is 7.92. The van der Waals surface area contributed by atoms with Crippen molar-refractivity contribution in [2.24, 2.45) is 0 Å². The lowest BCUT2D eigenvalue weighted by Gasteiger charge is -2.28. The van der Waals surface area contributed by atoms with Crippen molar-refractivity contribution < 1.29 is 0 Å². The Morgan fingerprint density at radius 3 is 1.31 bits per heavy atom. The first-order chi connectivity index (χ1) is 25.8. The minimum atomic E-state index is 1.04. The molecule has 0 aliphatic heterocycles. The molecule has 0 radical (unpaired) electrons. The molecule has 4 heteroatoms. The van der Waals surface area contributed by atoms with E-state index in [-0.39, 0.29) is 0 Å². The predicted octanol–water partition coefficient (Wildman–Crippen LogP) is 13.1. The number of rotatable bonds is 7. The molecule has 0 aliphatic rings. The summed E-state index contributed by atoms with van der Waals surface area (Å²) in [6.45, 7) is 0. The van der Waals surface area contributed by atoms with Gasteiger partial charge in [0.05, 0.1) is 11.4 Å². The van der Waals surface area contributed by atoms with Crippen LogP contribution < -0.4 is 9.80 Å². The number of anilines is 6. The van der Waals surface area contributed by atoms with E-state index in [2.05, 4.69) is 190 Å². The SMILES string of the molecule is c1ccc(N(c2ccccc2)c2ccc3ccc4c(-c5ccc(N(c6ccncc6)c6ccncc6)c6ccccc56)ccc5ccc2c3c54)cc1. The third-order valence-corrected chi connectivity index (χ3v) is 10.2. The smallest absolute Gasteiger partial charge is 0.0540 e. The molecule has 0 amide bonds. The number of hydrogen-bond donors (Lipinski definition) is 0. The van der Waals surface area contributed by atoms with E-state index in [1.165, 1.54) is 54.2 Å². The molecule has 0 bridgehead atoms. The average Bonchev–Trinajstić information content (AvgIpc) is 3.22. The Hall–Kier alpha value is -7.04. The second-order valence-electron chi connectivity index (χ2n) is 13.1. The van der Waals surface area contributed by atoms with Gasteiger partial charge in [-0.3, -0.25) is 9.97 Å². The van der Waals surface area contributed by atoms with Crippen molar-refractivity contribution in [3.8, 4) is 11.1 Å². The Morgan fingerprint density at radius 1 is 0.288 bits per heavy atom. The number of para-hydroxylation sites is 2. The van der Waals surface area contributed by atoms with Crippen LogP contribution in [0.1, 0.15) is 0 Å². The van der Waals surface area contributed by atoms with Crippen LogP contribution in [0.4, 0.5) is 34.1 Å². The molecule has 0 unspecified atom stereocenters. The van der Waals surface area contributed by atoms with E-state index in [9.17, 15) is 0 Å². The second kappa shape index (κ2) is 12.4. The topological polar surface area (TPSA) is 32.3 Å². The molecule has 0 N–H and O–H groups in total. The van der Waals surface area contributed by atoms with Crippen molar-refractivity contribution in [1.82, 2.24) is 9.97 Å². The van der Waals surface area contributed by atoms with Crippen LogP contribution in [0, 0.1) is 0 Å². The highest BCUT2D eigenvalue weighted by Crippen LogP contribution is 2.47. The maximum atomic E-state index is 4.30. The molecule has 4 nitrogen and oxygen atoms in total. The minimum Gasteiger partial charge on any atom is -0.310 e. The van der Waals surface area contributed by atoms with E-state index in [0.29, 0.717) is 0 Å². The maximum Gasteiger partial charge on any atom is 0.0540 e. The summed E-state index contributed by atoms with van der Waals surface area (Å²) in [5.74, 6) is 0. The number of pyridine rings is 2. The van der Waals surface area contributed by atoms with E-state index >= 15 is 0 Å².